The summed E-state index contributed by atoms with van der Waals surface area (Å²) in [6, 6.07) is 4.11. The van der Waals surface area contributed by atoms with Crippen LogP contribution in [0.5, 0.6) is 0 Å². The van der Waals surface area contributed by atoms with Crippen LogP contribution in [0.15, 0.2) is 48.3 Å². The molecule has 1 aliphatic carbocycles. The minimum Gasteiger partial charge on any atom is -0.290 e. The lowest BCUT2D eigenvalue weighted by Crippen LogP contribution is -3.01. The standard InChI is InChI=1S/C17H11NO/c19-15-6-7-16-12(9-15)4-5-13-11-18-8-2-1-3-14(18)10-17(13)16/h1-11H/p+1. The van der Waals surface area contributed by atoms with Crippen LogP contribution < -0.4 is 15.3 Å². The monoisotopic (exact) mass is 246 g/mol. The first-order chi connectivity index (χ1) is 9.31. The Kier molecular flexibility index (Phi) is 2.08. The first kappa shape index (κ1) is 10.5. The molecule has 0 bridgehead atoms. The molecule has 1 unspecified atom stereocenters. The number of ketones is 1. The highest BCUT2D eigenvalue weighted by Crippen LogP contribution is 2.11. The number of quaternary nitrogens is 1. The average Bonchev–Trinajstić information content (AvgIpc) is 2.44. The molecule has 2 heteroatoms. The van der Waals surface area contributed by atoms with E-state index in [9.17, 15) is 4.79 Å². The quantitative estimate of drug-likeness (QED) is 0.690. The predicted molar refractivity (Wildman–Crippen MR) is 75.9 cm³/mol. The van der Waals surface area contributed by atoms with Gasteiger partial charge >= 0.3 is 0 Å². The minimum atomic E-state index is 0.0626. The molecule has 2 aliphatic heterocycles. The van der Waals surface area contributed by atoms with Gasteiger partial charge in [-0.15, -0.1) is 0 Å². The van der Waals surface area contributed by atoms with Gasteiger partial charge in [0.05, 0.1) is 0 Å². The summed E-state index contributed by atoms with van der Waals surface area (Å²) in [5.41, 5.74) is 3.58. The van der Waals surface area contributed by atoms with Crippen LogP contribution in [-0.4, -0.2) is 5.78 Å². The van der Waals surface area contributed by atoms with Crippen LogP contribution in [0, 0.1) is 0 Å². The highest BCUT2D eigenvalue weighted by atomic mass is 16.1. The minimum absolute atomic E-state index is 0.0626. The zero-order valence-electron chi connectivity index (χ0n) is 10.3. The summed E-state index contributed by atoms with van der Waals surface area (Å²) in [4.78, 5) is 12.7. The summed E-state index contributed by atoms with van der Waals surface area (Å²) in [6.45, 7) is 0. The van der Waals surface area contributed by atoms with E-state index in [0.717, 1.165) is 10.8 Å². The molecule has 1 aromatic rings. The lowest BCUT2D eigenvalue weighted by Gasteiger charge is -2.18. The van der Waals surface area contributed by atoms with Gasteiger partial charge in [0.25, 0.3) is 0 Å². The van der Waals surface area contributed by atoms with Crippen molar-refractivity contribution in [2.75, 3.05) is 0 Å². The molecule has 90 valence electrons. The third-order valence-electron chi connectivity index (χ3n) is 3.67. The van der Waals surface area contributed by atoms with Crippen LogP contribution in [0.4, 0.5) is 0 Å². The summed E-state index contributed by atoms with van der Waals surface area (Å²) in [5, 5.41) is 2.22. The third kappa shape index (κ3) is 1.58. The summed E-state index contributed by atoms with van der Waals surface area (Å²) >= 11 is 0. The normalized spacial score (nSPS) is 21.8. The second-order valence-corrected chi connectivity index (χ2v) is 4.87. The lowest BCUT2D eigenvalue weighted by atomic mass is 9.95. The Hall–Kier alpha value is -2.45. The van der Waals surface area contributed by atoms with Crippen LogP contribution in [0.2, 0.25) is 0 Å². The van der Waals surface area contributed by atoms with Gasteiger partial charge in [-0.05, 0) is 41.2 Å². The van der Waals surface area contributed by atoms with Gasteiger partial charge in [0.15, 0.2) is 5.78 Å². The number of fused-ring (bicyclic) bond motifs is 4. The molecule has 2 heterocycles. The van der Waals surface area contributed by atoms with Crippen LogP contribution in [0.25, 0.3) is 24.4 Å². The van der Waals surface area contributed by atoms with Gasteiger partial charge in [0.1, 0.15) is 18.1 Å². The fraction of sp³-hybridized carbons (Fsp3) is 0. The fourth-order valence-electron chi connectivity index (χ4n) is 2.73. The van der Waals surface area contributed by atoms with Crippen molar-refractivity contribution in [2.45, 2.75) is 0 Å². The summed E-state index contributed by atoms with van der Waals surface area (Å²) in [7, 11) is 0. The maximum absolute atomic E-state index is 11.4. The van der Waals surface area contributed by atoms with Gasteiger partial charge < -0.3 is 0 Å². The second-order valence-electron chi connectivity index (χ2n) is 4.87. The van der Waals surface area contributed by atoms with Crippen molar-refractivity contribution in [1.29, 1.82) is 0 Å². The predicted octanol–water partition coefficient (Wildman–Crippen LogP) is 0.124. The van der Waals surface area contributed by atoms with E-state index in [4.69, 9.17) is 0 Å². The molecule has 1 N–H and O–H groups in total. The largest absolute Gasteiger partial charge is 0.290 e. The van der Waals surface area contributed by atoms with Crippen molar-refractivity contribution in [3.8, 4) is 0 Å². The topological polar surface area (TPSA) is 21.5 Å². The van der Waals surface area contributed by atoms with E-state index in [1.807, 2.05) is 12.1 Å². The smallest absolute Gasteiger partial charge is 0.179 e. The Morgan fingerprint density at radius 2 is 1.74 bits per heavy atom. The summed E-state index contributed by atoms with van der Waals surface area (Å²) in [6.07, 6.45) is 18.0. The first-order valence-electron chi connectivity index (χ1n) is 6.33. The van der Waals surface area contributed by atoms with E-state index >= 15 is 0 Å². The Labute approximate surface area is 110 Å². The molecule has 0 fully saturated rings. The number of rotatable bonds is 0. The van der Waals surface area contributed by atoms with Crippen molar-refractivity contribution in [2.24, 2.45) is 0 Å². The van der Waals surface area contributed by atoms with Crippen molar-refractivity contribution in [3.05, 3.63) is 69.9 Å². The first-order valence-corrected chi connectivity index (χ1v) is 6.33. The number of nitrogens with one attached hydrogen (secondary N) is 1. The van der Waals surface area contributed by atoms with Gasteiger partial charge in [0, 0.05) is 22.9 Å². The molecular weight excluding hydrogens is 234 g/mol. The van der Waals surface area contributed by atoms with Gasteiger partial charge in [-0.25, -0.2) is 4.90 Å². The molecule has 4 rings (SSSR count). The molecular formula is C17H12NO+. The van der Waals surface area contributed by atoms with Crippen molar-refractivity contribution in [1.82, 2.24) is 0 Å². The van der Waals surface area contributed by atoms with Crippen LogP contribution >= 0.6 is 0 Å². The summed E-state index contributed by atoms with van der Waals surface area (Å²) < 4.78 is 0. The molecule has 2 nitrogen and oxygen atoms in total. The van der Waals surface area contributed by atoms with Gasteiger partial charge in [-0.3, -0.25) is 4.79 Å². The number of carbonyl (C=O) groups is 1. The van der Waals surface area contributed by atoms with E-state index in [1.165, 1.54) is 21.4 Å². The zero-order chi connectivity index (χ0) is 12.8. The Bertz CT molecular complexity index is 835. The molecule has 3 aliphatic rings. The molecule has 0 amide bonds. The number of hydrogen-bond donors (Lipinski definition) is 1. The van der Waals surface area contributed by atoms with Crippen molar-refractivity contribution >= 4 is 30.2 Å². The highest BCUT2D eigenvalue weighted by Gasteiger charge is 2.18. The van der Waals surface area contributed by atoms with E-state index in [-0.39, 0.29) is 5.78 Å². The number of benzene rings is 1. The number of carbonyl (C=O) groups excluding carboxylic acids is 1. The maximum atomic E-state index is 11.4. The van der Waals surface area contributed by atoms with E-state index in [2.05, 4.69) is 42.8 Å². The summed E-state index contributed by atoms with van der Waals surface area (Å²) in [5.74, 6) is 0.0626. The zero-order valence-corrected chi connectivity index (χ0v) is 10.3. The molecule has 0 radical (unpaired) electrons. The van der Waals surface area contributed by atoms with E-state index in [1.54, 1.807) is 12.2 Å². The Balaban J connectivity index is 2.05. The highest BCUT2D eigenvalue weighted by molar-refractivity contribution is 6.17. The van der Waals surface area contributed by atoms with Crippen molar-refractivity contribution in [3.63, 3.8) is 0 Å². The molecule has 1 aromatic carbocycles. The molecule has 1 atom stereocenters. The SMILES string of the molecule is O=C1C=Cc2c3c(ccc2=C1)=C[NH+]1C=CC=CC1=C3. The van der Waals surface area contributed by atoms with E-state index in [0.29, 0.717) is 0 Å². The maximum Gasteiger partial charge on any atom is 0.179 e. The van der Waals surface area contributed by atoms with Crippen LogP contribution in [0.3, 0.4) is 0 Å². The fourth-order valence-corrected chi connectivity index (χ4v) is 2.73. The van der Waals surface area contributed by atoms with Gasteiger partial charge in [-0.2, -0.15) is 0 Å². The average molecular weight is 246 g/mol. The Morgan fingerprint density at radius 1 is 0.842 bits per heavy atom. The molecule has 0 saturated carbocycles. The molecule has 0 aromatic heterocycles. The Morgan fingerprint density at radius 3 is 2.68 bits per heavy atom. The van der Waals surface area contributed by atoms with Gasteiger partial charge in [0.2, 0.25) is 0 Å². The van der Waals surface area contributed by atoms with Gasteiger partial charge in [-0.1, -0.05) is 12.1 Å². The van der Waals surface area contributed by atoms with Crippen molar-refractivity contribution < 1.29 is 9.69 Å². The molecule has 19 heavy (non-hydrogen) atoms. The van der Waals surface area contributed by atoms with Crippen LogP contribution in [0.1, 0.15) is 11.1 Å². The second kappa shape index (κ2) is 3.77. The van der Waals surface area contributed by atoms with Crippen LogP contribution in [-0.2, 0) is 4.79 Å². The number of hydrogen-bond acceptors (Lipinski definition) is 1. The number of allylic oxidation sites excluding steroid dienone is 4. The van der Waals surface area contributed by atoms with E-state index < -0.39 is 0 Å². The molecule has 0 spiro atoms. The lowest BCUT2D eigenvalue weighted by molar-refractivity contribution is -0.709. The molecule has 0 saturated heterocycles. The third-order valence-corrected chi connectivity index (χ3v) is 3.67.